The lowest BCUT2D eigenvalue weighted by molar-refractivity contribution is -0.138. The first kappa shape index (κ1) is 17.7. The molecule has 2 aliphatic heterocycles. The van der Waals surface area contributed by atoms with Gasteiger partial charge < -0.3 is 14.5 Å². The monoisotopic (exact) mass is 310 g/mol. The zero-order valence-electron chi connectivity index (χ0n) is 14.7. The molecule has 2 rings (SSSR count). The van der Waals surface area contributed by atoms with Crippen molar-refractivity contribution < 1.29 is 9.53 Å². The van der Waals surface area contributed by atoms with Crippen molar-refractivity contribution in [3.63, 3.8) is 0 Å². The lowest BCUT2D eigenvalue weighted by Crippen LogP contribution is -2.41. The zero-order chi connectivity index (χ0) is 15.9. The van der Waals surface area contributed by atoms with E-state index in [1.807, 2.05) is 4.90 Å². The van der Waals surface area contributed by atoms with Crippen LogP contribution in [-0.2, 0) is 9.53 Å². The van der Waals surface area contributed by atoms with Crippen LogP contribution in [0.15, 0.2) is 0 Å². The summed E-state index contributed by atoms with van der Waals surface area (Å²) in [5.74, 6) is 1.64. The van der Waals surface area contributed by atoms with Crippen molar-refractivity contribution in [2.45, 2.75) is 58.9 Å². The summed E-state index contributed by atoms with van der Waals surface area (Å²) in [6, 6.07) is 0.648. The Kier molecular flexibility index (Phi) is 7.16. The minimum Gasteiger partial charge on any atom is -0.371 e. The summed E-state index contributed by atoms with van der Waals surface area (Å²) in [6.45, 7) is 12.0. The molecule has 0 radical (unpaired) electrons. The number of hydrogen-bond acceptors (Lipinski definition) is 3. The first-order chi connectivity index (χ1) is 10.6. The zero-order valence-corrected chi connectivity index (χ0v) is 14.7. The molecule has 4 nitrogen and oxygen atoms in total. The number of carbonyl (C=O) groups excluding carboxylic acids is 1. The summed E-state index contributed by atoms with van der Waals surface area (Å²) < 4.78 is 5.73. The van der Waals surface area contributed by atoms with E-state index in [0.29, 0.717) is 12.0 Å². The summed E-state index contributed by atoms with van der Waals surface area (Å²) in [5, 5.41) is 0. The van der Waals surface area contributed by atoms with Crippen LogP contribution in [0, 0.1) is 11.8 Å². The van der Waals surface area contributed by atoms with Crippen molar-refractivity contribution in [2.75, 3.05) is 39.4 Å². The number of nitrogens with zero attached hydrogens (tertiary/aromatic N) is 2. The summed E-state index contributed by atoms with van der Waals surface area (Å²) in [4.78, 5) is 16.7. The fourth-order valence-electron chi connectivity index (χ4n) is 3.63. The Morgan fingerprint density at radius 1 is 1.05 bits per heavy atom. The molecule has 2 aliphatic rings. The number of carbonyl (C=O) groups is 1. The quantitative estimate of drug-likeness (QED) is 0.756. The number of hydrogen-bond donors (Lipinski definition) is 0. The van der Waals surface area contributed by atoms with Gasteiger partial charge in [0.15, 0.2) is 0 Å². The summed E-state index contributed by atoms with van der Waals surface area (Å²) in [5.41, 5.74) is 0. The SMILES string of the molecule is CCC1CCN(C(=O)COCC2CCN(C(C)C)CC2)CC1. The third kappa shape index (κ3) is 5.24. The maximum absolute atomic E-state index is 12.2. The van der Waals surface area contributed by atoms with Gasteiger partial charge in [0.2, 0.25) is 5.91 Å². The molecule has 0 aromatic heterocycles. The minimum atomic E-state index is 0.189. The Morgan fingerprint density at radius 3 is 2.18 bits per heavy atom. The highest BCUT2D eigenvalue weighted by molar-refractivity contribution is 5.77. The van der Waals surface area contributed by atoms with Crippen LogP contribution < -0.4 is 0 Å². The Bertz CT molecular complexity index is 330. The largest absolute Gasteiger partial charge is 0.371 e. The maximum atomic E-state index is 12.2. The van der Waals surface area contributed by atoms with Gasteiger partial charge in [-0.1, -0.05) is 13.3 Å². The molecule has 0 unspecified atom stereocenters. The first-order valence-corrected chi connectivity index (χ1v) is 9.19. The third-order valence-corrected chi connectivity index (χ3v) is 5.50. The average Bonchev–Trinajstić information content (AvgIpc) is 2.55. The molecule has 0 bridgehead atoms. The molecule has 0 aromatic carbocycles. The van der Waals surface area contributed by atoms with Gasteiger partial charge in [-0.25, -0.2) is 0 Å². The molecule has 0 aliphatic carbocycles. The second kappa shape index (κ2) is 8.88. The molecule has 0 N–H and O–H groups in total. The Balaban J connectivity index is 1.58. The molecule has 128 valence electrons. The molecule has 4 heteroatoms. The van der Waals surface area contributed by atoms with E-state index in [0.717, 1.165) is 38.5 Å². The number of ether oxygens (including phenoxy) is 1. The highest BCUT2D eigenvalue weighted by atomic mass is 16.5. The van der Waals surface area contributed by atoms with Gasteiger partial charge in [0, 0.05) is 19.1 Å². The number of piperidine rings is 2. The normalized spacial score (nSPS) is 22.5. The van der Waals surface area contributed by atoms with Crippen molar-refractivity contribution in [1.29, 1.82) is 0 Å². The smallest absolute Gasteiger partial charge is 0.248 e. The summed E-state index contributed by atoms with van der Waals surface area (Å²) in [6.07, 6.45) is 5.97. The average molecular weight is 310 g/mol. The number of rotatable bonds is 6. The van der Waals surface area contributed by atoms with E-state index in [9.17, 15) is 4.79 Å². The molecule has 22 heavy (non-hydrogen) atoms. The predicted molar refractivity (Wildman–Crippen MR) is 89.8 cm³/mol. The van der Waals surface area contributed by atoms with Crippen LogP contribution in [0.2, 0.25) is 0 Å². The minimum absolute atomic E-state index is 0.189. The van der Waals surface area contributed by atoms with Crippen molar-refractivity contribution in [3.05, 3.63) is 0 Å². The molecule has 1 amide bonds. The second-order valence-electron chi connectivity index (χ2n) is 7.32. The van der Waals surface area contributed by atoms with Crippen LogP contribution in [0.1, 0.15) is 52.9 Å². The highest BCUT2D eigenvalue weighted by Gasteiger charge is 2.23. The maximum Gasteiger partial charge on any atom is 0.248 e. The van der Waals surface area contributed by atoms with Gasteiger partial charge in [-0.2, -0.15) is 0 Å². The summed E-state index contributed by atoms with van der Waals surface area (Å²) in [7, 11) is 0. The van der Waals surface area contributed by atoms with E-state index in [1.165, 1.54) is 32.4 Å². The highest BCUT2D eigenvalue weighted by Crippen LogP contribution is 2.21. The van der Waals surface area contributed by atoms with Gasteiger partial charge in [-0.3, -0.25) is 4.79 Å². The van der Waals surface area contributed by atoms with E-state index < -0.39 is 0 Å². The Morgan fingerprint density at radius 2 is 1.64 bits per heavy atom. The fraction of sp³-hybridized carbons (Fsp3) is 0.944. The van der Waals surface area contributed by atoms with E-state index in [4.69, 9.17) is 4.74 Å². The molecule has 0 atom stereocenters. The lowest BCUT2D eigenvalue weighted by Gasteiger charge is -2.34. The van der Waals surface area contributed by atoms with E-state index in [1.54, 1.807) is 0 Å². The van der Waals surface area contributed by atoms with Crippen molar-refractivity contribution >= 4 is 5.91 Å². The molecule has 0 aromatic rings. The lowest BCUT2D eigenvalue weighted by atomic mass is 9.94. The molecule has 0 saturated carbocycles. The van der Waals surface area contributed by atoms with Crippen molar-refractivity contribution in [1.82, 2.24) is 9.80 Å². The Labute approximate surface area is 136 Å². The Hall–Kier alpha value is -0.610. The molecule has 2 saturated heterocycles. The molecular weight excluding hydrogens is 276 g/mol. The van der Waals surface area contributed by atoms with Gasteiger partial charge >= 0.3 is 0 Å². The fourth-order valence-corrected chi connectivity index (χ4v) is 3.63. The predicted octanol–water partition coefficient (Wildman–Crippen LogP) is 2.77. The van der Waals surface area contributed by atoms with Crippen LogP contribution >= 0.6 is 0 Å². The van der Waals surface area contributed by atoms with Crippen molar-refractivity contribution in [3.8, 4) is 0 Å². The molecule has 2 heterocycles. The van der Waals surface area contributed by atoms with Crippen LogP contribution in [0.4, 0.5) is 0 Å². The van der Waals surface area contributed by atoms with E-state index >= 15 is 0 Å². The van der Waals surface area contributed by atoms with Gasteiger partial charge in [-0.05, 0) is 64.5 Å². The first-order valence-electron chi connectivity index (χ1n) is 9.19. The second-order valence-corrected chi connectivity index (χ2v) is 7.32. The van der Waals surface area contributed by atoms with Crippen molar-refractivity contribution in [2.24, 2.45) is 11.8 Å². The van der Waals surface area contributed by atoms with Crippen LogP contribution in [0.25, 0.3) is 0 Å². The van der Waals surface area contributed by atoms with Gasteiger partial charge in [0.05, 0.1) is 6.61 Å². The number of likely N-dealkylation sites (tertiary alicyclic amines) is 2. The van der Waals surface area contributed by atoms with Gasteiger partial charge in [0.1, 0.15) is 6.61 Å². The van der Waals surface area contributed by atoms with E-state index in [-0.39, 0.29) is 12.5 Å². The molecule has 0 spiro atoms. The third-order valence-electron chi connectivity index (χ3n) is 5.50. The van der Waals surface area contributed by atoms with E-state index in [2.05, 4.69) is 25.7 Å². The molecule has 2 fully saturated rings. The topological polar surface area (TPSA) is 32.8 Å². The van der Waals surface area contributed by atoms with Crippen LogP contribution in [0.3, 0.4) is 0 Å². The summed E-state index contributed by atoms with van der Waals surface area (Å²) >= 11 is 0. The standard InChI is InChI=1S/C18H34N2O2/c1-4-16-5-11-20(12-6-16)18(21)14-22-13-17-7-9-19(10-8-17)15(2)3/h15-17H,4-14H2,1-3H3. The number of amides is 1. The van der Waals surface area contributed by atoms with Crippen LogP contribution in [-0.4, -0.2) is 61.1 Å². The van der Waals surface area contributed by atoms with Gasteiger partial charge in [-0.15, -0.1) is 0 Å². The molecular formula is C18H34N2O2. The van der Waals surface area contributed by atoms with Crippen LogP contribution in [0.5, 0.6) is 0 Å². The van der Waals surface area contributed by atoms with Gasteiger partial charge in [0.25, 0.3) is 0 Å².